The van der Waals surface area contributed by atoms with E-state index in [-0.39, 0.29) is 11.7 Å². The van der Waals surface area contributed by atoms with E-state index < -0.39 is 0 Å². The summed E-state index contributed by atoms with van der Waals surface area (Å²) in [6.07, 6.45) is 3.30. The Morgan fingerprint density at radius 2 is 2.29 bits per heavy atom. The molecular weight excluding hydrogens is 392 g/mol. The number of hydrogen-bond donors (Lipinski definition) is 0. The SMILES string of the molecule is CCc1sc2nc(SCC3CCCO3)n(-c3cccc(OC)c3)c(=O)c2c1C. The fraction of sp³-hybridized carbons (Fsp3) is 0.429. The number of fused-ring (bicyclic) bond motifs is 1. The Morgan fingerprint density at radius 3 is 3.00 bits per heavy atom. The van der Waals surface area contributed by atoms with Crippen LogP contribution in [0.15, 0.2) is 34.2 Å². The van der Waals surface area contributed by atoms with Crippen molar-refractivity contribution in [2.75, 3.05) is 19.5 Å². The largest absolute Gasteiger partial charge is 0.497 e. The van der Waals surface area contributed by atoms with Crippen molar-refractivity contribution in [3.05, 3.63) is 45.1 Å². The minimum atomic E-state index is -0.0125. The predicted octanol–water partition coefficient (Wildman–Crippen LogP) is 4.60. The van der Waals surface area contributed by atoms with Crippen LogP contribution in [-0.2, 0) is 11.2 Å². The van der Waals surface area contributed by atoms with Crippen molar-refractivity contribution in [1.82, 2.24) is 9.55 Å². The van der Waals surface area contributed by atoms with Gasteiger partial charge in [0.25, 0.3) is 5.56 Å². The molecule has 1 saturated heterocycles. The van der Waals surface area contributed by atoms with Gasteiger partial charge in [0, 0.05) is 23.3 Å². The van der Waals surface area contributed by atoms with Gasteiger partial charge in [-0.15, -0.1) is 11.3 Å². The van der Waals surface area contributed by atoms with Crippen LogP contribution < -0.4 is 10.3 Å². The lowest BCUT2D eigenvalue weighted by Gasteiger charge is -2.14. The fourth-order valence-corrected chi connectivity index (χ4v) is 5.80. The summed E-state index contributed by atoms with van der Waals surface area (Å²) in [5.41, 5.74) is 1.81. The normalized spacial score (nSPS) is 16.8. The molecule has 0 aliphatic carbocycles. The lowest BCUT2D eigenvalue weighted by molar-refractivity contribution is 0.129. The van der Waals surface area contributed by atoms with E-state index in [9.17, 15) is 4.79 Å². The second kappa shape index (κ2) is 8.27. The Labute approximate surface area is 172 Å². The third-order valence-electron chi connectivity index (χ3n) is 5.09. The minimum absolute atomic E-state index is 0.0125. The molecule has 1 atom stereocenters. The van der Waals surface area contributed by atoms with Crippen LogP contribution in [-0.4, -0.2) is 35.1 Å². The van der Waals surface area contributed by atoms with Crippen molar-refractivity contribution in [3.8, 4) is 11.4 Å². The summed E-state index contributed by atoms with van der Waals surface area (Å²) < 4.78 is 12.9. The molecule has 5 nitrogen and oxygen atoms in total. The highest BCUT2D eigenvalue weighted by Crippen LogP contribution is 2.32. The van der Waals surface area contributed by atoms with Crippen LogP contribution in [0.1, 0.15) is 30.2 Å². The van der Waals surface area contributed by atoms with Gasteiger partial charge in [-0.25, -0.2) is 4.98 Å². The van der Waals surface area contributed by atoms with Gasteiger partial charge in [-0.2, -0.15) is 0 Å². The van der Waals surface area contributed by atoms with E-state index >= 15 is 0 Å². The molecule has 0 spiro atoms. The number of nitrogens with zero attached hydrogens (tertiary/aromatic N) is 2. The number of methoxy groups -OCH3 is 1. The second-order valence-corrected chi connectivity index (χ2v) is 8.94. The zero-order chi connectivity index (χ0) is 19.7. The van der Waals surface area contributed by atoms with E-state index in [0.29, 0.717) is 5.16 Å². The van der Waals surface area contributed by atoms with Gasteiger partial charge < -0.3 is 9.47 Å². The van der Waals surface area contributed by atoms with Gasteiger partial charge in [0.15, 0.2) is 5.16 Å². The standard InChI is InChI=1S/C21H24N2O3S2/c1-4-17-13(2)18-19(28-17)22-21(27-12-16-9-6-10-26-16)23(20(18)24)14-7-5-8-15(11-14)25-3/h5,7-8,11,16H,4,6,9-10,12H2,1-3H3. The molecule has 1 aliphatic heterocycles. The van der Waals surface area contributed by atoms with Gasteiger partial charge in [0.1, 0.15) is 10.6 Å². The van der Waals surface area contributed by atoms with Crippen molar-refractivity contribution in [2.45, 2.75) is 44.4 Å². The van der Waals surface area contributed by atoms with Crippen molar-refractivity contribution in [1.29, 1.82) is 0 Å². The van der Waals surface area contributed by atoms with Crippen LogP contribution in [0.3, 0.4) is 0 Å². The Kier molecular flexibility index (Phi) is 5.75. The first-order chi connectivity index (χ1) is 13.6. The molecule has 2 aromatic heterocycles. The summed E-state index contributed by atoms with van der Waals surface area (Å²) in [6, 6.07) is 7.59. The van der Waals surface area contributed by atoms with E-state index in [0.717, 1.165) is 58.8 Å². The van der Waals surface area contributed by atoms with Crippen molar-refractivity contribution in [2.24, 2.45) is 0 Å². The van der Waals surface area contributed by atoms with Gasteiger partial charge in [0.2, 0.25) is 0 Å². The number of thioether (sulfide) groups is 1. The summed E-state index contributed by atoms with van der Waals surface area (Å²) in [4.78, 5) is 20.5. The summed E-state index contributed by atoms with van der Waals surface area (Å²) in [7, 11) is 1.63. The molecule has 1 aromatic carbocycles. The molecule has 0 N–H and O–H groups in total. The van der Waals surface area contributed by atoms with Crippen LogP contribution in [0.25, 0.3) is 15.9 Å². The molecule has 28 heavy (non-hydrogen) atoms. The molecule has 0 bridgehead atoms. The highest BCUT2D eigenvalue weighted by atomic mass is 32.2. The quantitative estimate of drug-likeness (QED) is 0.434. The van der Waals surface area contributed by atoms with Crippen LogP contribution in [0.4, 0.5) is 0 Å². The number of ether oxygens (including phenoxy) is 2. The smallest absolute Gasteiger partial charge is 0.267 e. The van der Waals surface area contributed by atoms with E-state index in [2.05, 4.69) is 6.92 Å². The second-order valence-electron chi connectivity index (χ2n) is 6.87. The van der Waals surface area contributed by atoms with E-state index in [4.69, 9.17) is 14.5 Å². The summed E-state index contributed by atoms with van der Waals surface area (Å²) in [5, 5.41) is 1.44. The highest BCUT2D eigenvalue weighted by Gasteiger charge is 2.21. The molecule has 3 aromatic rings. The monoisotopic (exact) mass is 416 g/mol. The average molecular weight is 417 g/mol. The molecule has 0 amide bonds. The summed E-state index contributed by atoms with van der Waals surface area (Å²) >= 11 is 3.23. The predicted molar refractivity (Wildman–Crippen MR) is 116 cm³/mol. The Hall–Kier alpha value is -1.83. The third kappa shape index (κ3) is 3.58. The number of aryl methyl sites for hydroxylation is 2. The number of thiophene rings is 1. The van der Waals surface area contributed by atoms with Crippen molar-refractivity contribution < 1.29 is 9.47 Å². The summed E-state index contributed by atoms with van der Waals surface area (Å²) in [5.74, 6) is 1.52. The average Bonchev–Trinajstić information content (AvgIpc) is 3.34. The Bertz CT molecular complexity index is 1050. The number of rotatable bonds is 6. The maximum atomic E-state index is 13.5. The Balaban J connectivity index is 1.87. The number of benzene rings is 1. The first kappa shape index (κ1) is 19.5. The van der Waals surface area contributed by atoms with E-state index in [1.54, 1.807) is 34.8 Å². The molecule has 1 fully saturated rings. The number of hydrogen-bond acceptors (Lipinski definition) is 6. The van der Waals surface area contributed by atoms with Crippen molar-refractivity contribution in [3.63, 3.8) is 0 Å². The van der Waals surface area contributed by atoms with Gasteiger partial charge in [-0.3, -0.25) is 9.36 Å². The molecule has 4 rings (SSSR count). The first-order valence-corrected chi connectivity index (χ1v) is 11.4. The molecule has 1 aliphatic rings. The zero-order valence-electron chi connectivity index (χ0n) is 16.4. The third-order valence-corrected chi connectivity index (χ3v) is 7.49. The molecule has 148 valence electrons. The van der Waals surface area contributed by atoms with Gasteiger partial charge in [-0.1, -0.05) is 24.8 Å². The van der Waals surface area contributed by atoms with E-state index in [1.165, 1.54) is 4.88 Å². The molecule has 0 saturated carbocycles. The number of aromatic nitrogens is 2. The highest BCUT2D eigenvalue weighted by molar-refractivity contribution is 7.99. The molecule has 3 heterocycles. The molecule has 0 radical (unpaired) electrons. The lowest BCUT2D eigenvalue weighted by atomic mass is 10.2. The summed E-state index contributed by atoms with van der Waals surface area (Å²) in [6.45, 7) is 4.96. The van der Waals surface area contributed by atoms with Crippen LogP contribution in [0.2, 0.25) is 0 Å². The van der Waals surface area contributed by atoms with Crippen LogP contribution in [0.5, 0.6) is 5.75 Å². The fourth-order valence-electron chi connectivity index (χ4n) is 3.56. The van der Waals surface area contributed by atoms with Crippen LogP contribution in [0, 0.1) is 6.92 Å². The van der Waals surface area contributed by atoms with Crippen LogP contribution >= 0.6 is 23.1 Å². The van der Waals surface area contributed by atoms with Gasteiger partial charge in [0.05, 0.1) is 24.3 Å². The van der Waals surface area contributed by atoms with E-state index in [1.807, 2.05) is 31.2 Å². The van der Waals surface area contributed by atoms with Gasteiger partial charge in [-0.05, 0) is 43.9 Å². The zero-order valence-corrected chi connectivity index (χ0v) is 18.0. The lowest BCUT2D eigenvalue weighted by Crippen LogP contribution is -2.22. The minimum Gasteiger partial charge on any atom is -0.497 e. The molecular formula is C21H24N2O3S2. The van der Waals surface area contributed by atoms with Gasteiger partial charge >= 0.3 is 0 Å². The maximum Gasteiger partial charge on any atom is 0.267 e. The topological polar surface area (TPSA) is 53.4 Å². The molecule has 1 unspecified atom stereocenters. The first-order valence-electron chi connectivity index (χ1n) is 9.56. The Morgan fingerprint density at radius 1 is 1.43 bits per heavy atom. The van der Waals surface area contributed by atoms with Crippen molar-refractivity contribution >= 4 is 33.3 Å². The molecule has 7 heteroatoms. The maximum absolute atomic E-state index is 13.5.